The predicted molar refractivity (Wildman–Crippen MR) is 82.6 cm³/mol. The maximum Gasteiger partial charge on any atom is 0.399 e. The summed E-state index contributed by atoms with van der Waals surface area (Å²) >= 11 is 0. The average Bonchev–Trinajstić information content (AvgIpc) is 2.94. The lowest BCUT2D eigenvalue weighted by Crippen LogP contribution is -2.23. The summed E-state index contributed by atoms with van der Waals surface area (Å²) in [6.07, 6.45) is -1.22. The average molecular weight is 316 g/mol. The third-order valence-electron chi connectivity index (χ3n) is 3.79. The van der Waals surface area contributed by atoms with Crippen molar-refractivity contribution in [3.05, 3.63) is 83.9 Å². The van der Waals surface area contributed by atoms with Crippen molar-refractivity contribution in [2.45, 2.75) is 19.0 Å². The van der Waals surface area contributed by atoms with Crippen LogP contribution in [0.4, 0.5) is 13.2 Å². The van der Waals surface area contributed by atoms with E-state index < -0.39 is 12.1 Å². The van der Waals surface area contributed by atoms with Crippen molar-refractivity contribution in [1.29, 1.82) is 0 Å². The van der Waals surface area contributed by atoms with Crippen molar-refractivity contribution in [2.75, 3.05) is 0 Å². The maximum atomic E-state index is 13.8. The van der Waals surface area contributed by atoms with Crippen molar-refractivity contribution in [1.82, 2.24) is 9.55 Å². The minimum absolute atomic E-state index is 0.215. The molecule has 0 N–H and O–H groups in total. The van der Waals surface area contributed by atoms with E-state index in [0.29, 0.717) is 5.69 Å². The van der Waals surface area contributed by atoms with E-state index >= 15 is 0 Å². The van der Waals surface area contributed by atoms with Gasteiger partial charge in [-0.1, -0.05) is 48.5 Å². The molecule has 2 nitrogen and oxygen atoms in total. The fourth-order valence-corrected chi connectivity index (χ4v) is 2.75. The normalized spacial score (nSPS) is 13.0. The first-order chi connectivity index (χ1) is 11.0. The Labute approximate surface area is 132 Å². The first-order valence-electron chi connectivity index (χ1n) is 7.18. The highest BCUT2D eigenvalue weighted by atomic mass is 19.4. The molecule has 23 heavy (non-hydrogen) atoms. The number of benzene rings is 2. The molecule has 5 heteroatoms. The fourth-order valence-electron chi connectivity index (χ4n) is 2.75. The SMILES string of the molecule is Cc1cncn1-c1ccccc1C(c1ccccc1)C(F)(F)F. The van der Waals surface area contributed by atoms with Gasteiger partial charge in [-0.15, -0.1) is 0 Å². The van der Waals surface area contributed by atoms with E-state index in [-0.39, 0.29) is 11.1 Å². The number of imidazole rings is 1. The molecule has 0 bridgehead atoms. The van der Waals surface area contributed by atoms with Crippen molar-refractivity contribution < 1.29 is 13.2 Å². The Bertz CT molecular complexity index is 791. The third kappa shape index (κ3) is 2.99. The molecule has 1 atom stereocenters. The predicted octanol–water partition coefficient (Wildman–Crippen LogP) is 4.87. The number of aromatic nitrogens is 2. The van der Waals surface area contributed by atoms with E-state index in [0.717, 1.165) is 5.69 Å². The van der Waals surface area contributed by atoms with Gasteiger partial charge in [-0.05, 0) is 24.1 Å². The first-order valence-corrected chi connectivity index (χ1v) is 7.18. The van der Waals surface area contributed by atoms with Gasteiger partial charge in [0.2, 0.25) is 0 Å². The van der Waals surface area contributed by atoms with E-state index in [1.807, 2.05) is 6.92 Å². The number of halogens is 3. The summed E-state index contributed by atoms with van der Waals surface area (Å²) in [5.74, 6) is -1.68. The van der Waals surface area contributed by atoms with E-state index in [9.17, 15) is 13.2 Å². The van der Waals surface area contributed by atoms with E-state index in [4.69, 9.17) is 0 Å². The van der Waals surface area contributed by atoms with Crippen molar-refractivity contribution in [3.63, 3.8) is 0 Å². The number of hydrogen-bond acceptors (Lipinski definition) is 1. The molecule has 0 radical (unpaired) electrons. The Balaban J connectivity index is 2.21. The summed E-state index contributed by atoms with van der Waals surface area (Å²) in [7, 11) is 0. The fraction of sp³-hybridized carbons (Fsp3) is 0.167. The topological polar surface area (TPSA) is 17.8 Å². The molecule has 3 rings (SSSR count). The second-order valence-corrected chi connectivity index (χ2v) is 5.35. The molecule has 2 aromatic carbocycles. The molecule has 0 aliphatic heterocycles. The summed E-state index contributed by atoms with van der Waals surface area (Å²) in [5, 5.41) is 0. The Morgan fingerprint density at radius 1 is 0.957 bits per heavy atom. The van der Waals surface area contributed by atoms with Crippen molar-refractivity contribution >= 4 is 0 Å². The van der Waals surface area contributed by atoms with Gasteiger partial charge in [0.05, 0.1) is 12.0 Å². The van der Waals surface area contributed by atoms with Crippen LogP contribution >= 0.6 is 0 Å². The van der Waals surface area contributed by atoms with Gasteiger partial charge in [0.1, 0.15) is 5.92 Å². The number of hydrogen-bond donors (Lipinski definition) is 0. The Morgan fingerprint density at radius 3 is 2.22 bits per heavy atom. The van der Waals surface area contributed by atoms with Crippen LogP contribution in [0.25, 0.3) is 5.69 Å². The van der Waals surface area contributed by atoms with Crippen LogP contribution in [0.5, 0.6) is 0 Å². The van der Waals surface area contributed by atoms with Crippen LogP contribution in [0.2, 0.25) is 0 Å². The molecular formula is C18H15F3N2. The van der Waals surface area contributed by atoms with Gasteiger partial charge in [0.15, 0.2) is 0 Å². The molecule has 0 saturated heterocycles. The molecular weight excluding hydrogens is 301 g/mol. The van der Waals surface area contributed by atoms with Gasteiger partial charge in [0, 0.05) is 11.9 Å². The molecule has 0 spiro atoms. The highest BCUT2D eigenvalue weighted by Crippen LogP contribution is 2.42. The Hall–Kier alpha value is -2.56. The van der Waals surface area contributed by atoms with Crippen LogP contribution < -0.4 is 0 Å². The maximum absolute atomic E-state index is 13.8. The van der Waals surface area contributed by atoms with Gasteiger partial charge in [-0.3, -0.25) is 0 Å². The highest BCUT2D eigenvalue weighted by Gasteiger charge is 2.43. The van der Waals surface area contributed by atoms with Crippen LogP contribution in [-0.4, -0.2) is 15.7 Å². The van der Waals surface area contributed by atoms with Crippen LogP contribution in [0.15, 0.2) is 67.1 Å². The van der Waals surface area contributed by atoms with E-state index in [1.54, 1.807) is 47.2 Å². The molecule has 0 aliphatic carbocycles. The molecule has 0 amide bonds. The smallest absolute Gasteiger partial charge is 0.303 e. The highest BCUT2D eigenvalue weighted by molar-refractivity contribution is 5.49. The van der Waals surface area contributed by atoms with Gasteiger partial charge in [-0.2, -0.15) is 13.2 Å². The minimum atomic E-state index is -4.38. The van der Waals surface area contributed by atoms with Crippen LogP contribution in [0.1, 0.15) is 22.7 Å². The second kappa shape index (κ2) is 5.91. The number of alkyl halides is 3. The van der Waals surface area contributed by atoms with E-state index in [2.05, 4.69) is 4.98 Å². The summed E-state index contributed by atoms with van der Waals surface area (Å²) < 4.78 is 43.0. The molecule has 0 fully saturated rings. The number of aryl methyl sites for hydroxylation is 1. The van der Waals surface area contributed by atoms with Crippen LogP contribution in [-0.2, 0) is 0 Å². The third-order valence-corrected chi connectivity index (χ3v) is 3.79. The molecule has 1 aromatic heterocycles. The van der Waals surface area contributed by atoms with Gasteiger partial charge in [-0.25, -0.2) is 4.98 Å². The van der Waals surface area contributed by atoms with Gasteiger partial charge in [0.25, 0.3) is 0 Å². The van der Waals surface area contributed by atoms with Gasteiger partial charge >= 0.3 is 6.18 Å². The Kier molecular flexibility index (Phi) is 3.94. The zero-order valence-corrected chi connectivity index (χ0v) is 12.5. The first kappa shape index (κ1) is 15.3. The zero-order chi connectivity index (χ0) is 16.4. The molecule has 1 unspecified atom stereocenters. The zero-order valence-electron chi connectivity index (χ0n) is 12.5. The number of nitrogens with zero attached hydrogens (tertiary/aromatic N) is 2. The lowest BCUT2D eigenvalue weighted by molar-refractivity contribution is -0.141. The lowest BCUT2D eigenvalue weighted by Gasteiger charge is -2.24. The minimum Gasteiger partial charge on any atom is -0.303 e. The van der Waals surface area contributed by atoms with Crippen LogP contribution in [0, 0.1) is 6.92 Å². The standard InChI is InChI=1S/C18H15F3N2/c1-13-11-22-12-23(13)16-10-6-5-9-15(16)17(18(19,20)21)14-7-3-2-4-8-14/h2-12,17H,1H3. The summed E-state index contributed by atoms with van der Waals surface area (Å²) in [6.45, 7) is 1.81. The monoisotopic (exact) mass is 316 g/mol. The molecule has 1 heterocycles. The van der Waals surface area contributed by atoms with Crippen molar-refractivity contribution in [2.24, 2.45) is 0 Å². The van der Waals surface area contributed by atoms with Gasteiger partial charge < -0.3 is 4.57 Å². The van der Waals surface area contributed by atoms with Crippen molar-refractivity contribution in [3.8, 4) is 5.69 Å². The number of para-hydroxylation sites is 1. The molecule has 3 aromatic rings. The summed E-state index contributed by atoms with van der Waals surface area (Å²) in [6, 6.07) is 14.6. The van der Waals surface area contributed by atoms with E-state index in [1.165, 1.54) is 24.5 Å². The molecule has 118 valence electrons. The summed E-state index contributed by atoms with van der Waals surface area (Å²) in [4.78, 5) is 4.02. The Morgan fingerprint density at radius 2 is 1.61 bits per heavy atom. The molecule has 0 aliphatic rings. The quantitative estimate of drug-likeness (QED) is 0.674. The molecule has 0 saturated carbocycles. The van der Waals surface area contributed by atoms with Crippen LogP contribution in [0.3, 0.4) is 0 Å². The second-order valence-electron chi connectivity index (χ2n) is 5.35. The largest absolute Gasteiger partial charge is 0.399 e. The number of rotatable bonds is 3. The summed E-state index contributed by atoms with van der Waals surface area (Å²) in [5.41, 5.74) is 1.72. The lowest BCUT2D eigenvalue weighted by atomic mass is 9.89.